The second kappa shape index (κ2) is 11.6. The minimum Gasteiger partial charge on any atom is -0.508 e. The van der Waals surface area contributed by atoms with Gasteiger partial charge in [-0.3, -0.25) is 9.59 Å². The number of fused-ring (bicyclic) bond motifs is 1. The van der Waals surface area contributed by atoms with Crippen LogP contribution < -0.4 is 0 Å². The maximum absolute atomic E-state index is 13.1. The zero-order chi connectivity index (χ0) is 26.7. The third-order valence-corrected chi connectivity index (χ3v) is 7.59. The smallest absolute Gasteiger partial charge is 0.423 e. The number of benzene rings is 1. The maximum Gasteiger partial charge on any atom is 0.423 e. The van der Waals surface area contributed by atoms with Gasteiger partial charge in [0.2, 0.25) is 11.8 Å². The third kappa shape index (κ3) is 5.36. The molecule has 36 heavy (non-hydrogen) atoms. The highest BCUT2D eigenvalue weighted by Crippen LogP contribution is 2.48. The summed E-state index contributed by atoms with van der Waals surface area (Å²) in [6, 6.07) is 4.75. The fraction of sp³-hybridized carbons (Fsp3) is 0.519. The van der Waals surface area contributed by atoms with Gasteiger partial charge < -0.3 is 20.1 Å². The fourth-order valence-electron chi connectivity index (χ4n) is 5.40. The molecule has 3 N–H and O–H groups in total. The van der Waals surface area contributed by atoms with E-state index in [1.54, 1.807) is 12.1 Å². The topological polar surface area (TPSA) is 124 Å². The van der Waals surface area contributed by atoms with Gasteiger partial charge >= 0.3 is 6.09 Å². The number of rotatable bonds is 8. The molecule has 1 saturated heterocycles. The van der Waals surface area contributed by atoms with Crippen molar-refractivity contribution in [1.82, 2.24) is 4.90 Å². The summed E-state index contributed by atoms with van der Waals surface area (Å²) in [6.07, 6.45) is 1.79. The quantitative estimate of drug-likeness (QED) is 0.345. The highest BCUT2D eigenvalue weighted by Gasteiger charge is 2.57. The molecule has 1 aromatic carbocycles. The van der Waals surface area contributed by atoms with E-state index in [-0.39, 0.29) is 18.1 Å². The average molecular weight is 520 g/mol. The van der Waals surface area contributed by atoms with Gasteiger partial charge in [-0.25, -0.2) is 4.79 Å². The van der Waals surface area contributed by atoms with Crippen LogP contribution in [0, 0.1) is 23.7 Å². The number of hydrogen-bond donors (Lipinski definition) is 3. The lowest BCUT2D eigenvalue weighted by Crippen LogP contribution is -2.40. The molecule has 8 nitrogen and oxygen atoms in total. The van der Waals surface area contributed by atoms with Gasteiger partial charge in [-0.05, 0) is 60.9 Å². The van der Waals surface area contributed by atoms with E-state index < -0.39 is 48.4 Å². The number of halogens is 1. The normalized spacial score (nSPS) is 23.4. The van der Waals surface area contributed by atoms with E-state index in [4.69, 9.17) is 11.6 Å². The molecular formula is C27H34ClNO7. The van der Waals surface area contributed by atoms with E-state index in [0.717, 1.165) is 30.2 Å². The van der Waals surface area contributed by atoms with Gasteiger partial charge in [-0.1, -0.05) is 49.6 Å². The number of carbonyl (C=O) groups excluding carboxylic acids is 3. The number of carbonyl (C=O) groups is 3. The van der Waals surface area contributed by atoms with Crippen LogP contribution in [0.1, 0.15) is 52.0 Å². The average Bonchev–Trinajstić information content (AvgIpc) is 3.10. The van der Waals surface area contributed by atoms with Crippen LogP contribution in [0.3, 0.4) is 0 Å². The van der Waals surface area contributed by atoms with Crippen molar-refractivity contribution in [2.45, 2.75) is 52.6 Å². The number of likely N-dealkylation sites (tertiary alicyclic amines) is 1. The first-order chi connectivity index (χ1) is 17.0. The Balaban J connectivity index is 1.89. The Morgan fingerprint density at radius 1 is 1.28 bits per heavy atom. The minimum absolute atomic E-state index is 0.0308. The van der Waals surface area contributed by atoms with Gasteiger partial charge in [0.1, 0.15) is 5.75 Å². The predicted octanol–water partition coefficient (Wildman–Crippen LogP) is 4.31. The number of phenols is 1. The van der Waals surface area contributed by atoms with E-state index in [2.05, 4.69) is 4.74 Å². The summed E-state index contributed by atoms with van der Waals surface area (Å²) >= 11 is 6.24. The Kier molecular flexibility index (Phi) is 8.98. The Bertz CT molecular complexity index is 1090. The second-order valence-corrected chi connectivity index (χ2v) is 10.1. The highest BCUT2D eigenvalue weighted by molar-refractivity contribution is 6.32. The zero-order valence-corrected chi connectivity index (χ0v) is 21.8. The highest BCUT2D eigenvalue weighted by atomic mass is 35.5. The van der Waals surface area contributed by atoms with Gasteiger partial charge in [0.05, 0.1) is 36.7 Å². The van der Waals surface area contributed by atoms with E-state index in [9.17, 15) is 29.7 Å². The molecule has 2 aliphatic rings. The molecule has 4 atom stereocenters. The molecule has 3 rings (SSSR count). The Morgan fingerprint density at radius 3 is 2.53 bits per heavy atom. The summed E-state index contributed by atoms with van der Waals surface area (Å²) in [5.41, 5.74) is 3.21. The summed E-state index contributed by atoms with van der Waals surface area (Å²) in [5.74, 6) is -3.74. The number of imide groups is 3. The predicted molar refractivity (Wildman–Crippen MR) is 135 cm³/mol. The SMILES string of the molecule is CC/C(=C\c1ccc(O)cc1Cl)CC[C@@H](O)C1=C(C(C)C)C[C@H]2C(=O)N(C(=O)OC)C(=O)[C@H]2[C@H]1CO. The summed E-state index contributed by atoms with van der Waals surface area (Å²) in [5, 5.41) is 31.7. The van der Waals surface area contributed by atoms with Crippen molar-refractivity contribution < 1.29 is 34.4 Å². The number of phenolic OH excluding ortho intramolecular Hbond substituents is 1. The summed E-state index contributed by atoms with van der Waals surface area (Å²) in [7, 11) is 1.10. The first-order valence-electron chi connectivity index (χ1n) is 12.2. The molecule has 196 valence electrons. The number of aromatic hydroxyl groups is 1. The Morgan fingerprint density at radius 2 is 1.97 bits per heavy atom. The van der Waals surface area contributed by atoms with Crippen molar-refractivity contribution in [3.05, 3.63) is 45.5 Å². The second-order valence-electron chi connectivity index (χ2n) is 9.66. The molecule has 1 heterocycles. The van der Waals surface area contributed by atoms with Crippen molar-refractivity contribution in [1.29, 1.82) is 0 Å². The molecule has 1 fully saturated rings. The number of allylic oxidation sites excluding steroid dienone is 2. The number of aliphatic hydroxyl groups is 2. The zero-order valence-electron chi connectivity index (χ0n) is 21.0. The molecule has 1 aromatic rings. The van der Waals surface area contributed by atoms with E-state index in [1.807, 2.05) is 26.8 Å². The molecule has 0 unspecified atom stereocenters. The Hall–Kier alpha value is -2.68. The van der Waals surface area contributed by atoms with Crippen LogP contribution in [0.4, 0.5) is 4.79 Å². The molecule has 1 aliphatic heterocycles. The van der Waals surface area contributed by atoms with Gasteiger partial charge in [0.25, 0.3) is 0 Å². The lowest BCUT2D eigenvalue weighted by molar-refractivity contribution is -0.137. The van der Waals surface area contributed by atoms with Crippen LogP contribution in [0.2, 0.25) is 5.02 Å². The molecule has 9 heteroatoms. The first kappa shape index (κ1) is 27.9. The van der Waals surface area contributed by atoms with Crippen molar-refractivity contribution in [3.8, 4) is 5.75 Å². The maximum atomic E-state index is 13.1. The molecule has 0 spiro atoms. The fourth-order valence-corrected chi connectivity index (χ4v) is 5.63. The van der Waals surface area contributed by atoms with Crippen molar-refractivity contribution >= 4 is 35.6 Å². The number of ether oxygens (including phenoxy) is 1. The monoisotopic (exact) mass is 519 g/mol. The van der Waals surface area contributed by atoms with E-state index >= 15 is 0 Å². The summed E-state index contributed by atoms with van der Waals surface area (Å²) in [6.45, 7) is 5.45. The molecule has 0 saturated carbocycles. The van der Waals surface area contributed by atoms with Crippen LogP contribution in [0.5, 0.6) is 5.75 Å². The van der Waals surface area contributed by atoms with Gasteiger partial charge in [-0.15, -0.1) is 0 Å². The lowest BCUT2D eigenvalue weighted by Gasteiger charge is -2.38. The van der Waals surface area contributed by atoms with Crippen molar-refractivity contribution in [2.24, 2.45) is 23.7 Å². The molecule has 0 bridgehead atoms. The van der Waals surface area contributed by atoms with Gasteiger partial charge in [0.15, 0.2) is 0 Å². The minimum atomic E-state index is -1.03. The van der Waals surface area contributed by atoms with Crippen molar-refractivity contribution in [3.63, 3.8) is 0 Å². The molecule has 1 aliphatic carbocycles. The number of amides is 3. The Labute approximate surface area is 216 Å². The summed E-state index contributed by atoms with van der Waals surface area (Å²) < 4.78 is 4.63. The molecular weight excluding hydrogens is 486 g/mol. The van der Waals surface area contributed by atoms with Crippen LogP contribution in [-0.2, 0) is 14.3 Å². The van der Waals surface area contributed by atoms with Crippen LogP contribution in [0.25, 0.3) is 6.08 Å². The third-order valence-electron chi connectivity index (χ3n) is 7.27. The molecule has 0 aromatic heterocycles. The van der Waals surface area contributed by atoms with Gasteiger partial charge in [-0.2, -0.15) is 4.90 Å². The summed E-state index contributed by atoms with van der Waals surface area (Å²) in [4.78, 5) is 38.7. The molecule has 3 amide bonds. The number of aliphatic hydroxyl groups excluding tert-OH is 2. The van der Waals surface area contributed by atoms with E-state index in [0.29, 0.717) is 28.3 Å². The van der Waals surface area contributed by atoms with Gasteiger partial charge in [0, 0.05) is 5.92 Å². The van der Waals surface area contributed by atoms with Crippen molar-refractivity contribution in [2.75, 3.05) is 13.7 Å². The van der Waals surface area contributed by atoms with Crippen LogP contribution in [0.15, 0.2) is 34.9 Å². The largest absolute Gasteiger partial charge is 0.508 e. The van der Waals surface area contributed by atoms with Crippen LogP contribution in [-0.4, -0.2) is 57.9 Å². The number of hydrogen-bond acceptors (Lipinski definition) is 7. The lowest BCUT2D eigenvalue weighted by atomic mass is 9.66. The van der Waals surface area contributed by atoms with E-state index in [1.165, 1.54) is 6.07 Å². The number of nitrogens with zero attached hydrogens (tertiary/aromatic N) is 1. The van der Waals surface area contributed by atoms with Crippen LogP contribution >= 0.6 is 11.6 Å². The molecule has 0 radical (unpaired) electrons. The number of methoxy groups -OCH3 is 1. The first-order valence-corrected chi connectivity index (χ1v) is 12.6. The standard InChI is InChI=1S/C27H34ClNO7/c1-5-15(10-16-7-8-17(31)11-21(16)28)6-9-22(32)23-18(14(2)3)12-19-24(20(23)13-30)26(34)29(25(19)33)27(35)36-4/h7-8,10-11,14,19-20,22,24,30-32H,5-6,9,12-13H2,1-4H3/b15-10+/t19-,20+,22-,24-/m1/s1.